The SMILES string of the molecule is COc1cc2c(cc1OC)C(=O)C(F)C2. The average molecular weight is 210 g/mol. The fraction of sp³-hybridized carbons (Fsp3) is 0.364. The number of Topliss-reactive ketones (excluding diaryl/α,β-unsaturated/α-hetero) is 1. The van der Waals surface area contributed by atoms with Crippen LogP contribution in [0.5, 0.6) is 11.5 Å². The van der Waals surface area contributed by atoms with Crippen LogP contribution in [0.4, 0.5) is 4.39 Å². The number of hydrogen-bond donors (Lipinski definition) is 0. The highest BCUT2D eigenvalue weighted by atomic mass is 19.1. The minimum atomic E-state index is -1.42. The van der Waals surface area contributed by atoms with Crippen molar-refractivity contribution < 1.29 is 18.7 Å². The van der Waals surface area contributed by atoms with Gasteiger partial charge < -0.3 is 9.47 Å². The van der Waals surface area contributed by atoms with Crippen molar-refractivity contribution in [2.75, 3.05) is 14.2 Å². The van der Waals surface area contributed by atoms with Crippen LogP contribution in [0.25, 0.3) is 0 Å². The lowest BCUT2D eigenvalue weighted by molar-refractivity contribution is 0.0899. The molecular formula is C11H11FO3. The number of methoxy groups -OCH3 is 2. The second-order valence-corrected chi connectivity index (χ2v) is 3.40. The van der Waals surface area contributed by atoms with Crippen molar-refractivity contribution in [1.29, 1.82) is 0 Å². The van der Waals surface area contributed by atoms with Crippen LogP contribution in [-0.4, -0.2) is 26.2 Å². The van der Waals surface area contributed by atoms with E-state index < -0.39 is 12.0 Å². The van der Waals surface area contributed by atoms with Crippen LogP contribution in [0.1, 0.15) is 15.9 Å². The molecule has 0 saturated carbocycles. The van der Waals surface area contributed by atoms with Gasteiger partial charge in [0, 0.05) is 12.0 Å². The lowest BCUT2D eigenvalue weighted by atomic mass is 10.1. The van der Waals surface area contributed by atoms with Gasteiger partial charge in [-0.1, -0.05) is 0 Å². The quantitative estimate of drug-likeness (QED) is 0.746. The van der Waals surface area contributed by atoms with Crippen molar-refractivity contribution in [3.8, 4) is 11.5 Å². The third-order valence-electron chi connectivity index (χ3n) is 2.56. The molecule has 0 N–H and O–H groups in total. The van der Waals surface area contributed by atoms with E-state index in [2.05, 4.69) is 0 Å². The molecule has 15 heavy (non-hydrogen) atoms. The maximum absolute atomic E-state index is 13.1. The Bertz CT molecular complexity index is 415. The highest BCUT2D eigenvalue weighted by Gasteiger charge is 2.31. The summed E-state index contributed by atoms with van der Waals surface area (Å²) in [5.41, 5.74) is 1.09. The van der Waals surface area contributed by atoms with Gasteiger partial charge in [0.25, 0.3) is 0 Å². The third-order valence-corrected chi connectivity index (χ3v) is 2.56. The molecule has 1 unspecified atom stereocenters. The lowest BCUT2D eigenvalue weighted by Crippen LogP contribution is -2.08. The summed E-state index contributed by atoms with van der Waals surface area (Å²) < 4.78 is 23.3. The molecule has 1 aromatic carbocycles. The number of alkyl halides is 1. The summed E-state index contributed by atoms with van der Waals surface area (Å²) >= 11 is 0. The molecule has 0 aromatic heterocycles. The van der Waals surface area contributed by atoms with E-state index >= 15 is 0 Å². The number of ether oxygens (including phenoxy) is 2. The number of hydrogen-bond acceptors (Lipinski definition) is 3. The first kappa shape index (κ1) is 9.96. The standard InChI is InChI=1S/C11H11FO3/c1-14-9-4-6-3-8(12)11(13)7(6)5-10(9)15-2/h4-5,8H,3H2,1-2H3. The fourth-order valence-electron chi connectivity index (χ4n) is 1.77. The Morgan fingerprint density at radius 1 is 1.27 bits per heavy atom. The van der Waals surface area contributed by atoms with Crippen LogP contribution in [-0.2, 0) is 6.42 Å². The molecule has 1 atom stereocenters. The van der Waals surface area contributed by atoms with Crippen LogP contribution in [0.15, 0.2) is 12.1 Å². The number of halogens is 1. The molecule has 0 saturated heterocycles. The zero-order valence-corrected chi connectivity index (χ0v) is 8.54. The van der Waals surface area contributed by atoms with Gasteiger partial charge in [-0.15, -0.1) is 0 Å². The van der Waals surface area contributed by atoms with Crippen molar-refractivity contribution >= 4 is 5.78 Å². The maximum atomic E-state index is 13.1. The number of ketones is 1. The van der Waals surface area contributed by atoms with E-state index in [4.69, 9.17) is 9.47 Å². The molecule has 0 heterocycles. The van der Waals surface area contributed by atoms with E-state index in [1.165, 1.54) is 20.3 Å². The summed E-state index contributed by atoms with van der Waals surface area (Å²) in [6.45, 7) is 0. The first-order chi connectivity index (χ1) is 7.17. The van der Waals surface area contributed by atoms with Gasteiger partial charge in [-0.3, -0.25) is 4.79 Å². The highest BCUT2D eigenvalue weighted by Crippen LogP contribution is 2.35. The molecule has 0 aliphatic heterocycles. The topological polar surface area (TPSA) is 35.5 Å². The predicted molar refractivity (Wildman–Crippen MR) is 52.5 cm³/mol. The maximum Gasteiger partial charge on any atom is 0.197 e. The van der Waals surface area contributed by atoms with Gasteiger partial charge >= 0.3 is 0 Å². The second-order valence-electron chi connectivity index (χ2n) is 3.40. The smallest absolute Gasteiger partial charge is 0.197 e. The van der Waals surface area contributed by atoms with Gasteiger partial charge in [0.15, 0.2) is 23.5 Å². The minimum absolute atomic E-state index is 0.133. The van der Waals surface area contributed by atoms with E-state index in [9.17, 15) is 9.18 Å². The van der Waals surface area contributed by atoms with Crippen LogP contribution >= 0.6 is 0 Å². The summed E-state index contributed by atoms with van der Waals surface area (Å²) in [6.07, 6.45) is -1.29. The van der Waals surface area contributed by atoms with E-state index in [1.54, 1.807) is 6.07 Å². The molecule has 3 nitrogen and oxygen atoms in total. The van der Waals surface area contributed by atoms with Crippen molar-refractivity contribution in [3.05, 3.63) is 23.3 Å². The molecule has 1 aromatic rings. The zero-order chi connectivity index (χ0) is 11.0. The van der Waals surface area contributed by atoms with Crippen LogP contribution < -0.4 is 9.47 Å². The Balaban J connectivity index is 2.53. The number of rotatable bonds is 2. The minimum Gasteiger partial charge on any atom is -0.493 e. The third kappa shape index (κ3) is 1.46. The molecule has 1 aliphatic rings. The first-order valence-corrected chi connectivity index (χ1v) is 4.60. The Hall–Kier alpha value is -1.58. The van der Waals surface area contributed by atoms with Gasteiger partial charge in [0.2, 0.25) is 0 Å². The Labute approximate surface area is 86.8 Å². The van der Waals surface area contributed by atoms with Crippen molar-refractivity contribution in [2.45, 2.75) is 12.6 Å². The van der Waals surface area contributed by atoms with Crippen molar-refractivity contribution in [3.63, 3.8) is 0 Å². The van der Waals surface area contributed by atoms with Gasteiger partial charge in [-0.25, -0.2) is 4.39 Å². The largest absolute Gasteiger partial charge is 0.493 e. The molecule has 4 heteroatoms. The van der Waals surface area contributed by atoms with Crippen LogP contribution in [0.2, 0.25) is 0 Å². The zero-order valence-electron chi connectivity index (χ0n) is 8.54. The van der Waals surface area contributed by atoms with Gasteiger partial charge in [0.1, 0.15) is 0 Å². The summed E-state index contributed by atoms with van der Waals surface area (Å²) in [5.74, 6) is 0.516. The van der Waals surface area contributed by atoms with Gasteiger partial charge in [-0.2, -0.15) is 0 Å². The number of carbonyl (C=O) groups excluding carboxylic acids is 1. The molecule has 0 fully saturated rings. The van der Waals surface area contributed by atoms with Gasteiger partial charge in [0.05, 0.1) is 14.2 Å². The number of carbonyl (C=O) groups is 1. The molecule has 0 spiro atoms. The Morgan fingerprint density at radius 2 is 1.87 bits per heavy atom. The molecule has 0 amide bonds. The van der Waals surface area contributed by atoms with E-state index in [0.29, 0.717) is 22.6 Å². The Kier molecular flexibility index (Phi) is 2.34. The molecular weight excluding hydrogens is 199 g/mol. The molecule has 0 radical (unpaired) electrons. The number of fused-ring (bicyclic) bond motifs is 1. The Morgan fingerprint density at radius 3 is 2.47 bits per heavy atom. The summed E-state index contributed by atoms with van der Waals surface area (Å²) in [5, 5.41) is 0. The summed E-state index contributed by atoms with van der Waals surface area (Å²) in [6, 6.07) is 3.20. The van der Waals surface area contributed by atoms with Crippen molar-refractivity contribution in [2.24, 2.45) is 0 Å². The van der Waals surface area contributed by atoms with Crippen LogP contribution in [0, 0.1) is 0 Å². The van der Waals surface area contributed by atoms with Crippen molar-refractivity contribution in [1.82, 2.24) is 0 Å². The fourth-order valence-corrected chi connectivity index (χ4v) is 1.77. The normalized spacial score (nSPS) is 18.9. The monoisotopic (exact) mass is 210 g/mol. The van der Waals surface area contributed by atoms with E-state index in [-0.39, 0.29) is 6.42 Å². The second kappa shape index (κ2) is 3.53. The number of benzene rings is 1. The molecule has 80 valence electrons. The van der Waals surface area contributed by atoms with Crippen LogP contribution in [0.3, 0.4) is 0 Å². The van der Waals surface area contributed by atoms with Gasteiger partial charge in [-0.05, 0) is 17.7 Å². The van der Waals surface area contributed by atoms with E-state index in [0.717, 1.165) is 0 Å². The van der Waals surface area contributed by atoms with E-state index in [1.807, 2.05) is 0 Å². The molecule has 2 rings (SSSR count). The first-order valence-electron chi connectivity index (χ1n) is 4.60. The average Bonchev–Trinajstić information content (AvgIpc) is 2.53. The summed E-state index contributed by atoms with van der Waals surface area (Å²) in [4.78, 5) is 11.4. The summed E-state index contributed by atoms with van der Waals surface area (Å²) in [7, 11) is 2.99. The highest BCUT2D eigenvalue weighted by molar-refractivity contribution is 6.04. The predicted octanol–water partition coefficient (Wildman–Crippen LogP) is 1.78. The molecule has 1 aliphatic carbocycles. The molecule has 0 bridgehead atoms. The lowest BCUT2D eigenvalue weighted by Gasteiger charge is -2.08.